The Hall–Kier alpha value is -1.20. The summed E-state index contributed by atoms with van der Waals surface area (Å²) in [4.78, 5) is 3.89. The number of hydrogen-bond donors (Lipinski definition) is 1. The van der Waals surface area contributed by atoms with Crippen LogP contribution in [0.1, 0.15) is 11.8 Å². The number of imidazole rings is 1. The van der Waals surface area contributed by atoms with E-state index >= 15 is 0 Å². The minimum atomic E-state index is -0.541. The SMILES string of the molecule is OC(Cn1ccnc1)c1ccsn1. The zero-order valence-electron chi connectivity index (χ0n) is 6.87. The van der Waals surface area contributed by atoms with Crippen molar-refractivity contribution in [1.29, 1.82) is 0 Å². The van der Waals surface area contributed by atoms with Gasteiger partial charge in [0.25, 0.3) is 0 Å². The number of rotatable bonds is 3. The Kier molecular flexibility index (Phi) is 2.37. The summed E-state index contributed by atoms with van der Waals surface area (Å²) in [7, 11) is 0. The van der Waals surface area contributed by atoms with Gasteiger partial charge in [0, 0.05) is 17.8 Å². The topological polar surface area (TPSA) is 50.9 Å². The lowest BCUT2D eigenvalue weighted by molar-refractivity contribution is 0.153. The van der Waals surface area contributed by atoms with Crippen molar-refractivity contribution in [3.05, 3.63) is 35.9 Å². The molecule has 0 fully saturated rings. The highest BCUT2D eigenvalue weighted by molar-refractivity contribution is 7.03. The molecule has 0 saturated carbocycles. The summed E-state index contributed by atoms with van der Waals surface area (Å²) < 4.78 is 5.88. The summed E-state index contributed by atoms with van der Waals surface area (Å²) in [5.41, 5.74) is 0.721. The van der Waals surface area contributed by atoms with E-state index < -0.39 is 6.10 Å². The van der Waals surface area contributed by atoms with Gasteiger partial charge in [-0.15, -0.1) is 0 Å². The lowest BCUT2D eigenvalue weighted by Crippen LogP contribution is -2.06. The number of aromatic nitrogens is 3. The van der Waals surface area contributed by atoms with Gasteiger partial charge in [0.05, 0.1) is 18.6 Å². The van der Waals surface area contributed by atoms with Gasteiger partial charge in [0.15, 0.2) is 0 Å². The fraction of sp³-hybridized carbons (Fsp3) is 0.250. The van der Waals surface area contributed by atoms with E-state index in [2.05, 4.69) is 9.36 Å². The minimum absolute atomic E-state index is 0.504. The van der Waals surface area contributed by atoms with Gasteiger partial charge in [0.1, 0.15) is 6.10 Å². The lowest BCUT2D eigenvalue weighted by atomic mass is 10.2. The molecule has 0 aromatic carbocycles. The van der Waals surface area contributed by atoms with E-state index in [-0.39, 0.29) is 0 Å². The third-order valence-electron chi connectivity index (χ3n) is 1.74. The molecule has 1 N–H and O–H groups in total. The molecule has 0 aliphatic rings. The molecule has 2 aromatic rings. The average molecular weight is 195 g/mol. The van der Waals surface area contributed by atoms with Crippen LogP contribution in [0, 0.1) is 0 Å². The van der Waals surface area contributed by atoms with Crippen LogP contribution in [-0.2, 0) is 6.54 Å². The maximum Gasteiger partial charge on any atom is 0.115 e. The van der Waals surface area contributed by atoms with Crippen LogP contribution in [0.25, 0.3) is 0 Å². The van der Waals surface area contributed by atoms with Crippen LogP contribution in [0.3, 0.4) is 0 Å². The molecule has 0 aliphatic heterocycles. The Morgan fingerprint density at radius 1 is 1.62 bits per heavy atom. The van der Waals surface area contributed by atoms with E-state index in [0.717, 1.165) is 5.69 Å². The molecule has 5 heteroatoms. The molecule has 1 atom stereocenters. The predicted octanol–water partition coefficient (Wildman–Crippen LogP) is 1.07. The second-order valence-electron chi connectivity index (χ2n) is 2.70. The van der Waals surface area contributed by atoms with E-state index in [9.17, 15) is 5.11 Å². The van der Waals surface area contributed by atoms with Crippen molar-refractivity contribution in [2.75, 3.05) is 0 Å². The van der Waals surface area contributed by atoms with Crippen molar-refractivity contribution in [2.24, 2.45) is 0 Å². The maximum absolute atomic E-state index is 9.68. The van der Waals surface area contributed by atoms with Gasteiger partial charge in [-0.25, -0.2) is 4.98 Å². The van der Waals surface area contributed by atoms with Crippen LogP contribution < -0.4 is 0 Å². The summed E-state index contributed by atoms with van der Waals surface area (Å²) in [5, 5.41) is 11.5. The van der Waals surface area contributed by atoms with Crippen LogP contribution in [0.4, 0.5) is 0 Å². The highest BCUT2D eigenvalue weighted by Gasteiger charge is 2.09. The standard InChI is InChI=1S/C8H9N3OS/c12-8(7-1-4-13-10-7)5-11-3-2-9-6-11/h1-4,6,8,12H,5H2. The summed E-state index contributed by atoms with van der Waals surface area (Å²) in [6, 6.07) is 1.83. The summed E-state index contributed by atoms with van der Waals surface area (Å²) in [5.74, 6) is 0. The van der Waals surface area contributed by atoms with Gasteiger partial charge in [0.2, 0.25) is 0 Å². The Balaban J connectivity index is 2.04. The normalized spacial score (nSPS) is 13.0. The number of aliphatic hydroxyl groups excluding tert-OH is 1. The second-order valence-corrected chi connectivity index (χ2v) is 3.37. The zero-order valence-corrected chi connectivity index (χ0v) is 7.68. The third-order valence-corrected chi connectivity index (χ3v) is 2.32. The summed E-state index contributed by atoms with van der Waals surface area (Å²) >= 11 is 1.35. The molecule has 0 bridgehead atoms. The van der Waals surface area contributed by atoms with Crippen molar-refractivity contribution in [2.45, 2.75) is 12.6 Å². The van der Waals surface area contributed by atoms with Crippen molar-refractivity contribution < 1.29 is 5.11 Å². The van der Waals surface area contributed by atoms with Crippen molar-refractivity contribution >= 4 is 11.5 Å². The molecule has 4 nitrogen and oxygen atoms in total. The third kappa shape index (κ3) is 1.93. The second kappa shape index (κ2) is 3.68. The molecule has 68 valence electrons. The van der Waals surface area contributed by atoms with E-state index in [1.165, 1.54) is 11.5 Å². The number of hydrogen-bond acceptors (Lipinski definition) is 4. The van der Waals surface area contributed by atoms with E-state index in [1.807, 2.05) is 22.2 Å². The van der Waals surface area contributed by atoms with Gasteiger partial charge >= 0.3 is 0 Å². The van der Waals surface area contributed by atoms with Crippen molar-refractivity contribution in [1.82, 2.24) is 13.9 Å². The van der Waals surface area contributed by atoms with Crippen molar-refractivity contribution in [3.8, 4) is 0 Å². The Labute approximate surface area is 79.7 Å². The molecule has 13 heavy (non-hydrogen) atoms. The monoisotopic (exact) mass is 195 g/mol. The predicted molar refractivity (Wildman–Crippen MR) is 49.3 cm³/mol. The van der Waals surface area contributed by atoms with Gasteiger partial charge < -0.3 is 9.67 Å². The number of aliphatic hydroxyl groups is 1. The van der Waals surface area contributed by atoms with Crippen LogP contribution >= 0.6 is 11.5 Å². The van der Waals surface area contributed by atoms with Crippen molar-refractivity contribution in [3.63, 3.8) is 0 Å². The summed E-state index contributed by atoms with van der Waals surface area (Å²) in [6.45, 7) is 0.504. The molecular formula is C8H9N3OS. The Morgan fingerprint density at radius 2 is 2.54 bits per heavy atom. The quantitative estimate of drug-likeness (QED) is 0.797. The fourth-order valence-electron chi connectivity index (χ4n) is 1.08. The lowest BCUT2D eigenvalue weighted by Gasteiger charge is -2.07. The highest BCUT2D eigenvalue weighted by Crippen LogP contribution is 2.13. The van der Waals surface area contributed by atoms with E-state index in [1.54, 1.807) is 12.5 Å². The molecule has 2 rings (SSSR count). The van der Waals surface area contributed by atoms with Crippen LogP contribution in [0.15, 0.2) is 30.2 Å². The fourth-order valence-corrected chi connectivity index (χ4v) is 1.65. The minimum Gasteiger partial charge on any atom is -0.385 e. The van der Waals surface area contributed by atoms with Gasteiger partial charge in [-0.05, 0) is 17.6 Å². The van der Waals surface area contributed by atoms with Gasteiger partial charge in [-0.1, -0.05) is 0 Å². The molecule has 2 aromatic heterocycles. The maximum atomic E-state index is 9.68. The average Bonchev–Trinajstić information content (AvgIpc) is 2.74. The first kappa shape index (κ1) is 8.40. The van der Waals surface area contributed by atoms with Crippen LogP contribution in [0.2, 0.25) is 0 Å². The molecule has 2 heterocycles. The molecule has 0 aliphatic carbocycles. The van der Waals surface area contributed by atoms with E-state index in [0.29, 0.717) is 6.54 Å². The largest absolute Gasteiger partial charge is 0.385 e. The van der Waals surface area contributed by atoms with Crippen LogP contribution in [-0.4, -0.2) is 19.0 Å². The van der Waals surface area contributed by atoms with E-state index in [4.69, 9.17) is 0 Å². The Bertz CT molecular complexity index is 343. The highest BCUT2D eigenvalue weighted by atomic mass is 32.1. The first-order valence-corrected chi connectivity index (χ1v) is 4.74. The molecule has 0 amide bonds. The first-order chi connectivity index (χ1) is 6.36. The zero-order chi connectivity index (χ0) is 9.10. The van der Waals surface area contributed by atoms with Gasteiger partial charge in [-0.2, -0.15) is 4.37 Å². The molecular weight excluding hydrogens is 186 g/mol. The molecule has 0 spiro atoms. The molecule has 1 unspecified atom stereocenters. The van der Waals surface area contributed by atoms with Gasteiger partial charge in [-0.3, -0.25) is 0 Å². The first-order valence-electron chi connectivity index (χ1n) is 3.90. The van der Waals surface area contributed by atoms with Crippen LogP contribution in [0.5, 0.6) is 0 Å². The number of nitrogens with zero attached hydrogens (tertiary/aromatic N) is 3. The summed E-state index contributed by atoms with van der Waals surface area (Å²) in [6.07, 6.45) is 4.64. The Morgan fingerprint density at radius 3 is 3.15 bits per heavy atom. The smallest absolute Gasteiger partial charge is 0.115 e. The molecule has 0 saturated heterocycles. The molecule has 0 radical (unpaired) electrons.